The third-order valence-electron chi connectivity index (χ3n) is 2.55. The molecule has 0 radical (unpaired) electrons. The number of nitrogen functional groups attached to an aromatic ring is 1. The predicted molar refractivity (Wildman–Crippen MR) is 73.2 cm³/mol. The van der Waals surface area contributed by atoms with Gasteiger partial charge >= 0.3 is 0 Å². The van der Waals surface area contributed by atoms with Crippen LogP contribution < -0.4 is 5.73 Å². The molecule has 0 bridgehead atoms. The van der Waals surface area contributed by atoms with Gasteiger partial charge in [0.25, 0.3) is 0 Å². The predicted octanol–water partition coefficient (Wildman–Crippen LogP) is 2.81. The number of Topliss-reactive ketones (excluding diaryl/α,β-unsaturated/α-hetero) is 1. The van der Waals surface area contributed by atoms with Crippen LogP contribution in [0.1, 0.15) is 21.5 Å². The Hall–Kier alpha value is -2.53. The molecule has 2 rings (SSSR count). The van der Waals surface area contributed by atoms with Crippen LogP contribution in [0.15, 0.2) is 48.5 Å². The number of carbonyl (C=O) groups excluding carboxylic acids is 1. The molecule has 18 heavy (non-hydrogen) atoms. The average Bonchev–Trinajstić information content (AvgIpc) is 2.38. The maximum Gasteiger partial charge on any atom is 0.236 e. The number of nitrogens with two attached hydrogens (primary N) is 1. The Bertz CT molecular complexity index is 633. The summed E-state index contributed by atoms with van der Waals surface area (Å²) in [5, 5.41) is 0. The summed E-state index contributed by atoms with van der Waals surface area (Å²) in [7, 11) is 0. The first-order valence-electron chi connectivity index (χ1n) is 5.64. The third kappa shape index (κ3) is 2.78. The first kappa shape index (κ1) is 11.9. The molecule has 2 aromatic carbocycles. The molecule has 0 saturated heterocycles. The molecule has 0 aliphatic heterocycles. The summed E-state index contributed by atoms with van der Waals surface area (Å²) in [4.78, 5) is 11.8. The molecule has 0 heterocycles. The minimum atomic E-state index is -0.199. The Morgan fingerprint density at radius 1 is 1.11 bits per heavy atom. The highest BCUT2D eigenvalue weighted by Gasteiger charge is 2.00. The molecule has 2 heteroatoms. The van der Waals surface area contributed by atoms with Crippen molar-refractivity contribution in [1.82, 2.24) is 0 Å². The van der Waals surface area contributed by atoms with Gasteiger partial charge in [-0.15, -0.1) is 0 Å². The smallest absolute Gasteiger partial charge is 0.236 e. The summed E-state index contributed by atoms with van der Waals surface area (Å²) in [6.07, 6.45) is 0. The molecular formula is C16H13NO. The van der Waals surface area contributed by atoms with Crippen LogP contribution in [-0.4, -0.2) is 5.78 Å². The molecule has 2 aromatic rings. The van der Waals surface area contributed by atoms with Crippen molar-refractivity contribution in [3.63, 3.8) is 0 Å². The monoisotopic (exact) mass is 235 g/mol. The Morgan fingerprint density at radius 2 is 1.83 bits per heavy atom. The Balaban J connectivity index is 2.25. The van der Waals surface area contributed by atoms with Gasteiger partial charge in [-0.25, -0.2) is 0 Å². The fourth-order valence-corrected chi connectivity index (χ4v) is 1.58. The van der Waals surface area contributed by atoms with Gasteiger partial charge in [-0.2, -0.15) is 0 Å². The van der Waals surface area contributed by atoms with Crippen molar-refractivity contribution in [3.05, 3.63) is 65.2 Å². The van der Waals surface area contributed by atoms with E-state index in [2.05, 4.69) is 11.8 Å². The summed E-state index contributed by atoms with van der Waals surface area (Å²) in [6, 6.07) is 14.6. The van der Waals surface area contributed by atoms with Crippen LogP contribution in [0.2, 0.25) is 0 Å². The first-order valence-corrected chi connectivity index (χ1v) is 5.64. The van der Waals surface area contributed by atoms with Gasteiger partial charge < -0.3 is 5.73 Å². The van der Waals surface area contributed by atoms with E-state index >= 15 is 0 Å². The van der Waals surface area contributed by atoms with Gasteiger partial charge in [-0.1, -0.05) is 42.3 Å². The second kappa shape index (κ2) is 5.20. The highest BCUT2D eigenvalue weighted by Crippen LogP contribution is 2.12. The molecule has 0 aliphatic rings. The molecule has 0 aliphatic carbocycles. The number of hydrogen-bond acceptors (Lipinski definition) is 2. The number of carbonyl (C=O) groups is 1. The van der Waals surface area contributed by atoms with Crippen LogP contribution in [0.4, 0.5) is 5.69 Å². The summed E-state index contributed by atoms with van der Waals surface area (Å²) < 4.78 is 0. The van der Waals surface area contributed by atoms with Gasteiger partial charge in [0.15, 0.2) is 0 Å². The molecule has 2 N–H and O–H groups in total. The van der Waals surface area contributed by atoms with E-state index in [1.807, 2.05) is 43.3 Å². The van der Waals surface area contributed by atoms with Gasteiger partial charge in [0, 0.05) is 16.8 Å². The summed E-state index contributed by atoms with van der Waals surface area (Å²) in [5.41, 5.74) is 8.79. The topological polar surface area (TPSA) is 43.1 Å². The Kier molecular flexibility index (Phi) is 3.45. The molecule has 0 unspecified atom stereocenters. The Morgan fingerprint density at radius 3 is 2.50 bits per heavy atom. The van der Waals surface area contributed by atoms with Crippen molar-refractivity contribution in [1.29, 1.82) is 0 Å². The standard InChI is InChI=1S/C16H13NO/c1-12-7-8-13(15(17)11-12)9-10-16(18)14-5-3-2-4-6-14/h2-8,11H,17H2,1H3. The zero-order valence-corrected chi connectivity index (χ0v) is 10.1. The maximum atomic E-state index is 11.8. The van der Waals surface area contributed by atoms with E-state index in [1.165, 1.54) is 0 Å². The van der Waals surface area contributed by atoms with Crippen molar-refractivity contribution < 1.29 is 4.79 Å². The molecule has 0 atom stereocenters. The lowest BCUT2D eigenvalue weighted by Gasteiger charge is -1.98. The summed E-state index contributed by atoms with van der Waals surface area (Å²) in [6.45, 7) is 1.96. The number of anilines is 1. The molecule has 0 spiro atoms. The normalized spacial score (nSPS) is 9.39. The van der Waals surface area contributed by atoms with E-state index in [1.54, 1.807) is 12.1 Å². The molecule has 0 aromatic heterocycles. The number of aryl methyl sites for hydroxylation is 1. The van der Waals surface area contributed by atoms with Crippen LogP contribution in [0.25, 0.3) is 0 Å². The van der Waals surface area contributed by atoms with Crippen molar-refractivity contribution >= 4 is 11.5 Å². The Labute approximate surface area is 106 Å². The van der Waals surface area contributed by atoms with E-state index in [-0.39, 0.29) is 5.78 Å². The molecular weight excluding hydrogens is 222 g/mol. The van der Waals surface area contributed by atoms with E-state index < -0.39 is 0 Å². The van der Waals surface area contributed by atoms with Crippen LogP contribution in [0, 0.1) is 18.8 Å². The van der Waals surface area contributed by atoms with E-state index in [9.17, 15) is 4.79 Å². The van der Waals surface area contributed by atoms with E-state index in [4.69, 9.17) is 5.73 Å². The van der Waals surface area contributed by atoms with Crippen molar-refractivity contribution in [2.24, 2.45) is 0 Å². The minimum absolute atomic E-state index is 0.199. The maximum absolute atomic E-state index is 11.8. The van der Waals surface area contributed by atoms with Crippen LogP contribution in [0.3, 0.4) is 0 Å². The van der Waals surface area contributed by atoms with Gasteiger partial charge in [0.1, 0.15) is 0 Å². The molecule has 0 fully saturated rings. The highest BCUT2D eigenvalue weighted by molar-refractivity contribution is 6.09. The minimum Gasteiger partial charge on any atom is -0.398 e. The molecule has 0 amide bonds. The summed E-state index contributed by atoms with van der Waals surface area (Å²) in [5.74, 6) is 5.22. The van der Waals surface area contributed by atoms with Crippen molar-refractivity contribution in [2.75, 3.05) is 5.73 Å². The lowest BCUT2D eigenvalue weighted by Crippen LogP contribution is -1.95. The molecule has 88 valence electrons. The number of rotatable bonds is 1. The highest BCUT2D eigenvalue weighted by atomic mass is 16.1. The van der Waals surface area contributed by atoms with Crippen molar-refractivity contribution in [3.8, 4) is 11.8 Å². The average molecular weight is 235 g/mol. The zero-order chi connectivity index (χ0) is 13.0. The number of ketones is 1. The first-order chi connectivity index (χ1) is 8.66. The SMILES string of the molecule is Cc1ccc(C#CC(=O)c2ccccc2)c(N)c1. The largest absolute Gasteiger partial charge is 0.398 e. The van der Waals surface area contributed by atoms with Gasteiger partial charge in [-0.05, 0) is 30.5 Å². The molecule has 2 nitrogen and oxygen atoms in total. The van der Waals surface area contributed by atoms with E-state index in [0.29, 0.717) is 16.8 Å². The van der Waals surface area contributed by atoms with E-state index in [0.717, 1.165) is 5.56 Å². The lowest BCUT2D eigenvalue weighted by molar-refractivity contribution is 0.105. The van der Waals surface area contributed by atoms with Crippen LogP contribution >= 0.6 is 0 Å². The second-order valence-electron chi connectivity index (χ2n) is 4.04. The zero-order valence-electron chi connectivity index (χ0n) is 10.1. The lowest BCUT2D eigenvalue weighted by atomic mass is 10.1. The molecule has 0 saturated carbocycles. The summed E-state index contributed by atoms with van der Waals surface area (Å²) >= 11 is 0. The number of benzene rings is 2. The quantitative estimate of drug-likeness (QED) is 0.469. The second-order valence-corrected chi connectivity index (χ2v) is 4.04. The van der Waals surface area contributed by atoms with Gasteiger partial charge in [0.2, 0.25) is 5.78 Å². The fourth-order valence-electron chi connectivity index (χ4n) is 1.58. The fraction of sp³-hybridized carbons (Fsp3) is 0.0625. The van der Waals surface area contributed by atoms with Crippen LogP contribution in [0.5, 0.6) is 0 Å². The van der Waals surface area contributed by atoms with Crippen molar-refractivity contribution in [2.45, 2.75) is 6.92 Å². The third-order valence-corrected chi connectivity index (χ3v) is 2.55. The van der Waals surface area contributed by atoms with Gasteiger partial charge in [-0.3, -0.25) is 4.79 Å². The van der Waals surface area contributed by atoms with Gasteiger partial charge in [0.05, 0.1) is 0 Å². The number of hydrogen-bond donors (Lipinski definition) is 1. The van der Waals surface area contributed by atoms with Crippen LogP contribution in [-0.2, 0) is 0 Å².